The number of halogens is 1. The molecule has 0 aliphatic carbocycles. The summed E-state index contributed by atoms with van der Waals surface area (Å²) >= 11 is 6.55. The Morgan fingerprint density at radius 3 is 2.65 bits per heavy atom. The number of hydrogen-bond acceptors (Lipinski definition) is 7. The summed E-state index contributed by atoms with van der Waals surface area (Å²) in [6.45, 7) is 2.48. The number of nitrogens with zero attached hydrogens (tertiary/aromatic N) is 2. The number of unbranched alkanes of at least 4 members (excludes halogenated alkanes) is 1. The van der Waals surface area contributed by atoms with Crippen LogP contribution in [0.15, 0.2) is 83.5 Å². The molecule has 0 saturated carbocycles. The minimum Gasteiger partial charge on any atom is -0.487 e. The van der Waals surface area contributed by atoms with E-state index in [0.29, 0.717) is 36.0 Å². The molecule has 9 heteroatoms. The van der Waals surface area contributed by atoms with Gasteiger partial charge in [0.15, 0.2) is 0 Å². The number of rotatable bonds is 11. The molecular weight excluding hydrogens is 546 g/mol. The highest BCUT2D eigenvalue weighted by Gasteiger charge is 2.11. The quantitative estimate of drug-likeness (QED) is 0.163. The van der Waals surface area contributed by atoms with E-state index in [1.807, 2.05) is 60.7 Å². The molecule has 0 fully saturated rings. The van der Waals surface area contributed by atoms with Gasteiger partial charge in [0, 0.05) is 35.1 Å². The van der Waals surface area contributed by atoms with E-state index >= 15 is 0 Å². The first-order valence-corrected chi connectivity index (χ1v) is 15.4. The van der Waals surface area contributed by atoms with E-state index < -0.39 is 9.84 Å². The number of hydrogen-bond donors (Lipinski definition) is 1. The first-order chi connectivity index (χ1) is 19.2. The van der Waals surface area contributed by atoms with Crippen LogP contribution in [-0.4, -0.2) is 30.4 Å². The van der Waals surface area contributed by atoms with Crippen LogP contribution in [0.4, 0.5) is 11.5 Å². The molecule has 40 heavy (non-hydrogen) atoms. The van der Waals surface area contributed by atoms with E-state index in [-0.39, 0.29) is 5.75 Å². The molecule has 0 radical (unpaired) electrons. The van der Waals surface area contributed by atoms with E-state index in [0.717, 1.165) is 45.7 Å². The summed E-state index contributed by atoms with van der Waals surface area (Å²) < 4.78 is 34.7. The zero-order chi connectivity index (χ0) is 28.1. The van der Waals surface area contributed by atoms with E-state index in [9.17, 15) is 8.42 Å². The summed E-state index contributed by atoms with van der Waals surface area (Å²) in [6.07, 6.45) is 4.83. The van der Waals surface area contributed by atoms with Crippen LogP contribution in [0.2, 0.25) is 5.02 Å². The molecular formula is C31H30ClN3O4S. The summed E-state index contributed by atoms with van der Waals surface area (Å²) in [7, 11) is -2.95. The van der Waals surface area contributed by atoms with Gasteiger partial charge in [-0.25, -0.2) is 18.4 Å². The van der Waals surface area contributed by atoms with Gasteiger partial charge in [0.2, 0.25) is 0 Å². The van der Waals surface area contributed by atoms with Crippen LogP contribution < -0.4 is 10.1 Å². The van der Waals surface area contributed by atoms with Gasteiger partial charge >= 0.3 is 0 Å². The van der Waals surface area contributed by atoms with Gasteiger partial charge < -0.3 is 14.5 Å². The number of ether oxygens (including phenoxy) is 1. The maximum atomic E-state index is 11.3. The van der Waals surface area contributed by atoms with Crippen molar-refractivity contribution in [3.05, 3.63) is 101 Å². The van der Waals surface area contributed by atoms with Crippen LogP contribution in [0.3, 0.4) is 0 Å². The smallest absolute Gasteiger partial charge is 0.147 e. The van der Waals surface area contributed by atoms with Gasteiger partial charge in [-0.05, 0) is 73.9 Å². The molecule has 7 nitrogen and oxygen atoms in total. The van der Waals surface area contributed by atoms with Crippen LogP contribution in [0, 0.1) is 6.92 Å². The molecule has 0 aliphatic rings. The van der Waals surface area contributed by atoms with Gasteiger partial charge in [-0.1, -0.05) is 41.4 Å². The topological polar surface area (TPSA) is 94.3 Å². The van der Waals surface area contributed by atoms with E-state index in [1.165, 1.54) is 18.1 Å². The summed E-state index contributed by atoms with van der Waals surface area (Å²) in [6, 6.07) is 23.5. The van der Waals surface area contributed by atoms with Crippen LogP contribution in [0.25, 0.3) is 22.2 Å². The number of fused-ring (bicyclic) bond motifs is 1. The SMILES string of the molecule is Cc1cccc(COc2ccc(Nc3ncnc4ccc(-c5ccc(CCCCS(C)(=O)=O)o5)cc34)cc2Cl)c1. The third-order valence-electron chi connectivity index (χ3n) is 6.44. The molecule has 0 atom stereocenters. The third kappa shape index (κ3) is 7.20. The first kappa shape index (κ1) is 27.7. The van der Waals surface area contributed by atoms with Crippen molar-refractivity contribution < 1.29 is 17.6 Å². The molecule has 0 bridgehead atoms. The fourth-order valence-electron chi connectivity index (χ4n) is 4.44. The second kappa shape index (κ2) is 12.1. The van der Waals surface area contributed by atoms with Crippen molar-refractivity contribution in [1.82, 2.24) is 9.97 Å². The summed E-state index contributed by atoms with van der Waals surface area (Å²) in [5.41, 5.74) is 4.72. The van der Waals surface area contributed by atoms with E-state index in [2.05, 4.69) is 34.3 Å². The molecule has 3 aromatic carbocycles. The van der Waals surface area contributed by atoms with Crippen molar-refractivity contribution in [3.8, 4) is 17.1 Å². The number of nitrogens with one attached hydrogen (secondary N) is 1. The highest BCUT2D eigenvalue weighted by molar-refractivity contribution is 7.90. The summed E-state index contributed by atoms with van der Waals surface area (Å²) in [5, 5.41) is 4.69. The van der Waals surface area contributed by atoms with Crippen molar-refractivity contribution in [3.63, 3.8) is 0 Å². The Bertz CT molecular complexity index is 1750. The van der Waals surface area contributed by atoms with Crippen LogP contribution in [-0.2, 0) is 22.9 Å². The lowest BCUT2D eigenvalue weighted by atomic mass is 10.1. The fraction of sp³-hybridized carbons (Fsp3) is 0.226. The Balaban J connectivity index is 1.29. The number of anilines is 2. The Labute approximate surface area is 239 Å². The average Bonchev–Trinajstić information content (AvgIpc) is 3.39. The standard InChI is InChI=1S/C31H30ClN3O4S/c1-21-6-5-7-22(16-21)19-38-30-13-10-24(18-27(30)32)35-31-26-17-23(9-12-28(26)33-20-34-31)29-14-11-25(39-29)8-3-4-15-40(2,36)37/h5-7,9-14,16-18,20H,3-4,8,15,19H2,1-2H3,(H,33,34,35). The molecule has 5 rings (SSSR count). The lowest BCUT2D eigenvalue weighted by Crippen LogP contribution is -2.02. The minimum absolute atomic E-state index is 0.190. The van der Waals surface area contributed by atoms with Gasteiger partial charge in [-0.2, -0.15) is 0 Å². The molecule has 0 unspecified atom stereocenters. The molecule has 5 aromatic rings. The second-order valence-corrected chi connectivity index (χ2v) is 12.5. The number of furan rings is 1. The van der Waals surface area contributed by atoms with Crippen molar-refractivity contribution in [2.75, 3.05) is 17.3 Å². The van der Waals surface area contributed by atoms with Gasteiger partial charge in [-0.3, -0.25) is 0 Å². The lowest BCUT2D eigenvalue weighted by Gasteiger charge is -2.12. The van der Waals surface area contributed by atoms with Crippen LogP contribution in [0.5, 0.6) is 5.75 Å². The fourth-order valence-corrected chi connectivity index (χ4v) is 5.40. The Morgan fingerprint density at radius 1 is 0.975 bits per heavy atom. The number of sulfone groups is 1. The highest BCUT2D eigenvalue weighted by Crippen LogP contribution is 2.33. The monoisotopic (exact) mass is 575 g/mol. The van der Waals surface area contributed by atoms with Gasteiger partial charge in [-0.15, -0.1) is 0 Å². The molecule has 2 aromatic heterocycles. The van der Waals surface area contributed by atoms with E-state index in [4.69, 9.17) is 20.8 Å². The molecule has 0 saturated heterocycles. The molecule has 2 heterocycles. The van der Waals surface area contributed by atoms with Crippen molar-refractivity contribution in [2.45, 2.75) is 32.8 Å². The van der Waals surface area contributed by atoms with Crippen molar-refractivity contribution in [2.24, 2.45) is 0 Å². The Hall–Kier alpha value is -3.88. The summed E-state index contributed by atoms with van der Waals surface area (Å²) in [4.78, 5) is 8.88. The lowest BCUT2D eigenvalue weighted by molar-refractivity contribution is 0.306. The molecule has 0 aliphatic heterocycles. The normalized spacial score (nSPS) is 11.6. The maximum absolute atomic E-state index is 11.3. The zero-order valence-electron chi connectivity index (χ0n) is 22.4. The van der Waals surface area contributed by atoms with Crippen LogP contribution in [0.1, 0.15) is 29.7 Å². The maximum Gasteiger partial charge on any atom is 0.147 e. The van der Waals surface area contributed by atoms with Crippen molar-refractivity contribution >= 4 is 43.8 Å². The molecule has 206 valence electrons. The third-order valence-corrected chi connectivity index (χ3v) is 7.77. The largest absolute Gasteiger partial charge is 0.487 e. The highest BCUT2D eigenvalue weighted by atomic mass is 35.5. The number of benzene rings is 3. The predicted octanol–water partition coefficient (Wildman–Crippen LogP) is 7.54. The molecule has 1 N–H and O–H groups in total. The first-order valence-electron chi connectivity index (χ1n) is 13.0. The number of aryl methyl sites for hydroxylation is 2. The van der Waals surface area contributed by atoms with Crippen LogP contribution >= 0.6 is 11.6 Å². The Morgan fingerprint density at radius 2 is 1.85 bits per heavy atom. The minimum atomic E-state index is -2.95. The second-order valence-electron chi connectivity index (χ2n) is 9.86. The zero-order valence-corrected chi connectivity index (χ0v) is 23.9. The molecule has 0 amide bonds. The number of aromatic nitrogens is 2. The van der Waals surface area contributed by atoms with Crippen molar-refractivity contribution in [1.29, 1.82) is 0 Å². The Kier molecular flexibility index (Phi) is 8.38. The molecule has 0 spiro atoms. The average molecular weight is 576 g/mol. The van der Waals surface area contributed by atoms with Gasteiger partial charge in [0.1, 0.15) is 45.9 Å². The van der Waals surface area contributed by atoms with Gasteiger partial charge in [0.05, 0.1) is 10.5 Å². The van der Waals surface area contributed by atoms with Gasteiger partial charge in [0.25, 0.3) is 0 Å². The summed E-state index contributed by atoms with van der Waals surface area (Å²) in [5.74, 6) is 2.99. The predicted molar refractivity (Wildman–Crippen MR) is 160 cm³/mol. The van der Waals surface area contributed by atoms with E-state index in [1.54, 1.807) is 0 Å².